The third-order valence-electron chi connectivity index (χ3n) is 3.03. The van der Waals surface area contributed by atoms with Crippen molar-refractivity contribution in [3.63, 3.8) is 0 Å². The van der Waals surface area contributed by atoms with Crippen molar-refractivity contribution >= 4 is 11.7 Å². The number of methoxy groups -OCH3 is 1. The molecule has 0 atom stereocenters. The van der Waals surface area contributed by atoms with Gasteiger partial charge in [-0.15, -0.1) is 0 Å². The highest BCUT2D eigenvalue weighted by Crippen LogP contribution is 2.36. The number of esters is 1. The number of hydrogen-bond donors (Lipinski definition) is 1. The lowest BCUT2D eigenvalue weighted by Crippen LogP contribution is -2.52. The molecule has 0 unspecified atom stereocenters. The van der Waals surface area contributed by atoms with E-state index in [-0.39, 0.29) is 11.8 Å². The average molecular weight is 223 g/mol. The molecule has 0 saturated heterocycles. The van der Waals surface area contributed by atoms with Crippen LogP contribution in [0.5, 0.6) is 0 Å². The van der Waals surface area contributed by atoms with Gasteiger partial charge in [0.2, 0.25) is 0 Å². The van der Waals surface area contributed by atoms with Crippen LogP contribution in [0.4, 0.5) is 10.1 Å². The zero-order valence-corrected chi connectivity index (χ0v) is 9.13. The number of rotatable bonds is 3. The van der Waals surface area contributed by atoms with Crippen molar-refractivity contribution in [3.8, 4) is 0 Å². The molecule has 1 aromatic carbocycles. The Balaban J connectivity index is 2.19. The van der Waals surface area contributed by atoms with Crippen molar-refractivity contribution in [2.24, 2.45) is 0 Å². The summed E-state index contributed by atoms with van der Waals surface area (Å²) in [6, 6.07) is 6.34. The lowest BCUT2D eigenvalue weighted by atomic mass is 9.76. The Kier molecular flexibility index (Phi) is 2.81. The Hall–Kier alpha value is -1.58. The summed E-state index contributed by atoms with van der Waals surface area (Å²) in [7, 11) is 1.35. The van der Waals surface area contributed by atoms with E-state index in [2.05, 4.69) is 5.32 Å². The minimum atomic E-state index is -0.725. The van der Waals surface area contributed by atoms with E-state index in [4.69, 9.17) is 4.74 Å². The van der Waals surface area contributed by atoms with E-state index in [1.807, 2.05) is 0 Å². The second kappa shape index (κ2) is 4.12. The molecular formula is C12H14FNO2. The normalized spacial score (nSPS) is 17.4. The molecule has 3 nitrogen and oxygen atoms in total. The minimum absolute atomic E-state index is 0.318. The van der Waals surface area contributed by atoms with Crippen molar-refractivity contribution in [1.29, 1.82) is 0 Å². The fraction of sp³-hybridized carbons (Fsp3) is 0.417. The van der Waals surface area contributed by atoms with Crippen LogP contribution in [-0.4, -0.2) is 18.6 Å². The zero-order valence-electron chi connectivity index (χ0n) is 9.13. The van der Waals surface area contributed by atoms with E-state index in [1.54, 1.807) is 18.2 Å². The van der Waals surface area contributed by atoms with Crippen LogP contribution in [-0.2, 0) is 9.53 Å². The Morgan fingerprint density at radius 2 is 2.12 bits per heavy atom. The molecule has 1 saturated carbocycles. The zero-order chi connectivity index (χ0) is 11.6. The third-order valence-corrected chi connectivity index (χ3v) is 3.03. The first kappa shape index (κ1) is 10.9. The summed E-state index contributed by atoms with van der Waals surface area (Å²) in [5, 5.41) is 2.96. The van der Waals surface area contributed by atoms with Gasteiger partial charge in [0.1, 0.15) is 11.4 Å². The van der Waals surface area contributed by atoms with E-state index in [1.165, 1.54) is 13.2 Å². The molecule has 0 aromatic heterocycles. The average Bonchev–Trinajstić information content (AvgIpc) is 2.25. The Morgan fingerprint density at radius 1 is 1.44 bits per heavy atom. The highest BCUT2D eigenvalue weighted by Gasteiger charge is 2.45. The highest BCUT2D eigenvalue weighted by atomic mass is 19.1. The molecule has 1 fully saturated rings. The SMILES string of the molecule is COC(=O)C1(Nc2ccccc2F)CCC1. The van der Waals surface area contributed by atoms with Crippen LogP contribution in [0.1, 0.15) is 19.3 Å². The standard InChI is InChI=1S/C12H14FNO2/c1-16-11(15)12(7-4-8-12)14-10-6-3-2-5-9(10)13/h2-3,5-6,14H,4,7-8H2,1H3. The molecule has 86 valence electrons. The van der Waals surface area contributed by atoms with Gasteiger partial charge >= 0.3 is 5.97 Å². The maximum atomic E-state index is 13.4. The number of carbonyl (C=O) groups excluding carboxylic acids is 1. The number of carbonyl (C=O) groups is 1. The van der Waals surface area contributed by atoms with Gasteiger partial charge in [0.25, 0.3) is 0 Å². The van der Waals surface area contributed by atoms with Crippen molar-refractivity contribution in [3.05, 3.63) is 30.1 Å². The number of halogens is 1. The summed E-state index contributed by atoms with van der Waals surface area (Å²) in [6.07, 6.45) is 2.33. The summed E-state index contributed by atoms with van der Waals surface area (Å²) in [5.41, 5.74) is -0.371. The molecule has 16 heavy (non-hydrogen) atoms. The number of hydrogen-bond acceptors (Lipinski definition) is 3. The van der Waals surface area contributed by atoms with Crippen molar-refractivity contribution in [2.75, 3.05) is 12.4 Å². The molecule has 0 spiro atoms. The van der Waals surface area contributed by atoms with Gasteiger partial charge in [0.15, 0.2) is 0 Å². The van der Waals surface area contributed by atoms with Crippen LogP contribution in [0.2, 0.25) is 0 Å². The summed E-state index contributed by atoms with van der Waals surface area (Å²) >= 11 is 0. The summed E-state index contributed by atoms with van der Waals surface area (Å²) < 4.78 is 18.2. The molecule has 0 bridgehead atoms. The maximum Gasteiger partial charge on any atom is 0.331 e. The van der Waals surface area contributed by atoms with Gasteiger partial charge in [-0.3, -0.25) is 0 Å². The first-order valence-corrected chi connectivity index (χ1v) is 5.29. The van der Waals surface area contributed by atoms with Gasteiger partial charge in [-0.05, 0) is 31.4 Å². The van der Waals surface area contributed by atoms with Crippen LogP contribution in [0.3, 0.4) is 0 Å². The first-order chi connectivity index (χ1) is 7.68. The van der Waals surface area contributed by atoms with Gasteiger partial charge in [-0.1, -0.05) is 12.1 Å². The molecule has 0 radical (unpaired) electrons. The number of nitrogens with one attached hydrogen (secondary N) is 1. The number of benzene rings is 1. The fourth-order valence-electron chi connectivity index (χ4n) is 1.93. The van der Waals surface area contributed by atoms with Gasteiger partial charge < -0.3 is 10.1 Å². The van der Waals surface area contributed by atoms with E-state index in [0.29, 0.717) is 18.5 Å². The van der Waals surface area contributed by atoms with Crippen LogP contribution in [0, 0.1) is 5.82 Å². The lowest BCUT2D eigenvalue weighted by molar-refractivity contribution is -0.149. The maximum absolute atomic E-state index is 13.4. The summed E-state index contributed by atoms with van der Waals surface area (Å²) in [5.74, 6) is -0.667. The van der Waals surface area contributed by atoms with Crippen LogP contribution in [0.15, 0.2) is 24.3 Å². The van der Waals surface area contributed by atoms with Crippen molar-refractivity contribution in [2.45, 2.75) is 24.8 Å². The van der Waals surface area contributed by atoms with Gasteiger partial charge in [0, 0.05) is 0 Å². The quantitative estimate of drug-likeness (QED) is 0.799. The first-order valence-electron chi connectivity index (χ1n) is 5.29. The highest BCUT2D eigenvalue weighted by molar-refractivity contribution is 5.85. The summed E-state index contributed by atoms with van der Waals surface area (Å²) in [4.78, 5) is 11.6. The van der Waals surface area contributed by atoms with Gasteiger partial charge in [-0.25, -0.2) is 9.18 Å². The van der Waals surface area contributed by atoms with Gasteiger partial charge in [0.05, 0.1) is 12.8 Å². The molecule has 1 aromatic rings. The molecule has 1 aliphatic rings. The fourth-order valence-corrected chi connectivity index (χ4v) is 1.93. The molecule has 4 heteroatoms. The number of para-hydroxylation sites is 1. The monoisotopic (exact) mass is 223 g/mol. The van der Waals surface area contributed by atoms with Crippen molar-refractivity contribution < 1.29 is 13.9 Å². The molecule has 0 aliphatic heterocycles. The van der Waals surface area contributed by atoms with Crippen molar-refractivity contribution in [1.82, 2.24) is 0 Å². The smallest absolute Gasteiger partial charge is 0.331 e. The predicted molar refractivity (Wildman–Crippen MR) is 58.6 cm³/mol. The second-order valence-electron chi connectivity index (χ2n) is 4.03. The largest absolute Gasteiger partial charge is 0.467 e. The summed E-state index contributed by atoms with van der Waals surface area (Å²) in [6.45, 7) is 0. The Morgan fingerprint density at radius 3 is 2.62 bits per heavy atom. The van der Waals surface area contributed by atoms with Crippen LogP contribution >= 0.6 is 0 Å². The van der Waals surface area contributed by atoms with E-state index < -0.39 is 5.54 Å². The van der Waals surface area contributed by atoms with Crippen LogP contribution in [0.25, 0.3) is 0 Å². The van der Waals surface area contributed by atoms with E-state index in [9.17, 15) is 9.18 Å². The predicted octanol–water partition coefficient (Wildman–Crippen LogP) is 2.33. The minimum Gasteiger partial charge on any atom is -0.467 e. The molecule has 0 amide bonds. The molecule has 1 aliphatic carbocycles. The molecule has 0 heterocycles. The lowest BCUT2D eigenvalue weighted by Gasteiger charge is -2.40. The van der Waals surface area contributed by atoms with E-state index >= 15 is 0 Å². The Labute approximate surface area is 93.6 Å². The molecule has 2 rings (SSSR count). The molecule has 1 N–H and O–H groups in total. The second-order valence-corrected chi connectivity index (χ2v) is 4.03. The Bertz CT molecular complexity index is 402. The van der Waals surface area contributed by atoms with E-state index in [0.717, 1.165) is 6.42 Å². The van der Waals surface area contributed by atoms with Gasteiger partial charge in [-0.2, -0.15) is 0 Å². The third kappa shape index (κ3) is 1.75. The number of ether oxygens (including phenoxy) is 1. The number of anilines is 1. The topological polar surface area (TPSA) is 38.3 Å². The van der Waals surface area contributed by atoms with Crippen LogP contribution < -0.4 is 5.32 Å². The molecular weight excluding hydrogens is 209 g/mol.